The van der Waals surface area contributed by atoms with E-state index in [0.717, 1.165) is 56.0 Å². The van der Waals surface area contributed by atoms with Gasteiger partial charge in [-0.1, -0.05) is 12.1 Å². The lowest BCUT2D eigenvalue weighted by atomic mass is 9.97. The zero-order chi connectivity index (χ0) is 23.1. The number of methoxy groups -OCH3 is 1. The molecular weight excluding hydrogens is 408 g/mol. The average Bonchev–Trinajstić information content (AvgIpc) is 3.08. The molecule has 0 aliphatic carbocycles. The van der Waals surface area contributed by atoms with Crippen molar-refractivity contribution in [1.82, 2.24) is 19.6 Å². The second kappa shape index (κ2) is 11.4. The van der Waals surface area contributed by atoms with Gasteiger partial charge in [0.15, 0.2) is 0 Å². The summed E-state index contributed by atoms with van der Waals surface area (Å²) in [4.78, 5) is 16.1. The normalized spacial score (nSPS) is 16.3. The number of carbonyl (C=O) groups is 1. The molecule has 0 bridgehead atoms. The Morgan fingerprint density at radius 1 is 1.31 bits per heavy atom. The van der Waals surface area contributed by atoms with Crippen LogP contribution in [0, 0.1) is 12.8 Å². The number of hydrogen-bond donors (Lipinski definition) is 1. The van der Waals surface area contributed by atoms with Gasteiger partial charge >= 0.3 is 5.97 Å². The minimum atomic E-state index is -0.579. The molecule has 8 nitrogen and oxygen atoms in total. The molecule has 1 saturated heterocycles. The Morgan fingerprint density at radius 2 is 2.06 bits per heavy atom. The van der Waals surface area contributed by atoms with Crippen molar-refractivity contribution in [3.8, 4) is 5.75 Å². The fraction of sp³-hybridized carbons (Fsp3) is 0.583. The third-order valence-electron chi connectivity index (χ3n) is 5.94. The number of hydrogen-bond acceptors (Lipinski definition) is 7. The Morgan fingerprint density at radius 3 is 2.72 bits per heavy atom. The van der Waals surface area contributed by atoms with Crippen LogP contribution in [0.3, 0.4) is 0 Å². The maximum Gasteiger partial charge on any atom is 0.308 e. The summed E-state index contributed by atoms with van der Waals surface area (Å²) in [5.41, 5.74) is 3.44. The van der Waals surface area contributed by atoms with Crippen molar-refractivity contribution in [2.45, 2.75) is 39.0 Å². The molecule has 176 valence electrons. The van der Waals surface area contributed by atoms with E-state index in [1.54, 1.807) is 0 Å². The van der Waals surface area contributed by atoms with Crippen molar-refractivity contribution in [2.24, 2.45) is 13.0 Å². The van der Waals surface area contributed by atoms with Gasteiger partial charge in [0.2, 0.25) is 0 Å². The van der Waals surface area contributed by atoms with E-state index in [-0.39, 0.29) is 18.5 Å². The van der Waals surface area contributed by atoms with Crippen molar-refractivity contribution in [1.29, 1.82) is 0 Å². The van der Waals surface area contributed by atoms with Gasteiger partial charge < -0.3 is 19.5 Å². The van der Waals surface area contributed by atoms with E-state index in [0.29, 0.717) is 6.54 Å². The number of aliphatic hydroxyl groups excluding tert-OH is 1. The van der Waals surface area contributed by atoms with Crippen LogP contribution in [0.2, 0.25) is 0 Å². The van der Waals surface area contributed by atoms with Gasteiger partial charge in [0, 0.05) is 38.4 Å². The molecule has 1 N–H and O–H groups in total. The molecule has 0 spiro atoms. The van der Waals surface area contributed by atoms with Gasteiger partial charge in [-0.3, -0.25) is 14.4 Å². The molecule has 0 unspecified atom stereocenters. The van der Waals surface area contributed by atoms with Crippen LogP contribution in [-0.4, -0.2) is 77.2 Å². The van der Waals surface area contributed by atoms with E-state index in [9.17, 15) is 9.90 Å². The molecule has 2 heterocycles. The highest BCUT2D eigenvalue weighted by atomic mass is 16.5. The monoisotopic (exact) mass is 444 g/mol. The summed E-state index contributed by atoms with van der Waals surface area (Å²) in [5, 5.41) is 14.8. The van der Waals surface area contributed by atoms with E-state index in [4.69, 9.17) is 9.47 Å². The number of piperidine rings is 1. The second-order valence-electron chi connectivity index (χ2n) is 8.80. The van der Waals surface area contributed by atoms with Gasteiger partial charge in [-0.15, -0.1) is 0 Å². The van der Waals surface area contributed by atoms with E-state index in [1.807, 2.05) is 36.9 Å². The Bertz CT molecular complexity index is 877. The molecular formula is C24H36N4O4. The summed E-state index contributed by atoms with van der Waals surface area (Å²) in [5.74, 6) is 0.610. The molecule has 1 atom stereocenters. The third-order valence-corrected chi connectivity index (χ3v) is 5.94. The van der Waals surface area contributed by atoms with Crippen LogP contribution in [0.25, 0.3) is 0 Å². The van der Waals surface area contributed by atoms with Gasteiger partial charge in [0.05, 0.1) is 18.7 Å². The Labute approximate surface area is 190 Å². The number of nitrogens with zero attached hydrogens (tertiary/aromatic N) is 4. The molecule has 1 aromatic heterocycles. The summed E-state index contributed by atoms with van der Waals surface area (Å²) in [6.07, 6.45) is 3.03. The number of carbonyl (C=O) groups excluding carboxylic acids is 1. The summed E-state index contributed by atoms with van der Waals surface area (Å²) in [7, 11) is 5.47. The van der Waals surface area contributed by atoms with Crippen molar-refractivity contribution in [2.75, 3.05) is 40.4 Å². The number of aryl methyl sites for hydroxylation is 2. The quantitative estimate of drug-likeness (QED) is 0.562. The number of aliphatic hydroxyl groups is 1. The number of aromatic nitrogens is 2. The summed E-state index contributed by atoms with van der Waals surface area (Å²) in [6, 6.07) is 8.02. The molecule has 1 aliphatic rings. The van der Waals surface area contributed by atoms with Crippen LogP contribution < -0.4 is 4.74 Å². The standard InChI is InChI=1S/C24H36N4O4/c1-18-21(15-27(3)25-18)14-26(2)13-19-6-5-7-23(12-19)32-17-22(29)16-28-10-8-20(9-11-28)24(30)31-4/h5-7,12,15,20,22,29H,8-11,13-14,16-17H2,1-4H3/t22-/m1/s1. The largest absolute Gasteiger partial charge is 0.491 e. The smallest absolute Gasteiger partial charge is 0.308 e. The lowest BCUT2D eigenvalue weighted by molar-refractivity contribution is -0.147. The fourth-order valence-electron chi connectivity index (χ4n) is 4.26. The van der Waals surface area contributed by atoms with Gasteiger partial charge in [-0.25, -0.2) is 0 Å². The molecule has 0 saturated carbocycles. The molecule has 1 aromatic carbocycles. The number of ether oxygens (including phenoxy) is 2. The summed E-state index contributed by atoms with van der Waals surface area (Å²) < 4.78 is 12.5. The molecule has 3 rings (SSSR count). The number of esters is 1. The van der Waals surface area contributed by atoms with Crippen molar-refractivity contribution < 1.29 is 19.4 Å². The number of benzene rings is 1. The van der Waals surface area contributed by atoms with Gasteiger partial charge in [-0.05, 0) is 57.6 Å². The number of rotatable bonds is 10. The highest BCUT2D eigenvalue weighted by molar-refractivity contribution is 5.72. The van der Waals surface area contributed by atoms with Crippen LogP contribution in [0.15, 0.2) is 30.5 Å². The van der Waals surface area contributed by atoms with E-state index in [1.165, 1.54) is 12.7 Å². The Hall–Kier alpha value is -2.42. The lowest BCUT2D eigenvalue weighted by Crippen LogP contribution is -2.42. The molecule has 0 amide bonds. The number of β-amino-alcohol motifs (C(OH)–C–C–N with tert-alkyl or cyclic N) is 1. The minimum absolute atomic E-state index is 0.0208. The third kappa shape index (κ3) is 7.05. The summed E-state index contributed by atoms with van der Waals surface area (Å²) in [6.45, 7) is 6.01. The molecule has 1 aliphatic heterocycles. The first-order chi connectivity index (χ1) is 15.3. The first kappa shape index (κ1) is 24.2. The number of likely N-dealkylation sites (tertiary alicyclic amines) is 1. The van der Waals surface area contributed by atoms with Crippen LogP contribution in [0.4, 0.5) is 0 Å². The molecule has 8 heteroatoms. The van der Waals surface area contributed by atoms with Crippen molar-refractivity contribution in [3.05, 3.63) is 47.3 Å². The first-order valence-corrected chi connectivity index (χ1v) is 11.2. The van der Waals surface area contributed by atoms with Crippen molar-refractivity contribution in [3.63, 3.8) is 0 Å². The molecule has 2 aromatic rings. The molecule has 1 fully saturated rings. The van der Waals surface area contributed by atoms with Crippen LogP contribution in [0.1, 0.15) is 29.7 Å². The van der Waals surface area contributed by atoms with Crippen LogP contribution >= 0.6 is 0 Å². The van der Waals surface area contributed by atoms with E-state index in [2.05, 4.69) is 34.2 Å². The highest BCUT2D eigenvalue weighted by Crippen LogP contribution is 2.19. The van der Waals surface area contributed by atoms with Gasteiger partial charge in [0.25, 0.3) is 0 Å². The Kier molecular flexibility index (Phi) is 8.67. The van der Waals surface area contributed by atoms with Crippen molar-refractivity contribution >= 4 is 5.97 Å². The SMILES string of the molecule is COC(=O)C1CCN(C[C@@H](O)COc2cccc(CN(C)Cc3cn(C)nc3C)c2)CC1. The van der Waals surface area contributed by atoms with Crippen LogP contribution in [0.5, 0.6) is 5.75 Å². The maximum atomic E-state index is 11.6. The highest BCUT2D eigenvalue weighted by Gasteiger charge is 2.26. The van der Waals surface area contributed by atoms with Gasteiger partial charge in [0.1, 0.15) is 18.5 Å². The average molecular weight is 445 g/mol. The first-order valence-electron chi connectivity index (χ1n) is 11.2. The van der Waals surface area contributed by atoms with E-state index < -0.39 is 6.10 Å². The predicted octanol–water partition coefficient (Wildman–Crippen LogP) is 1.99. The Balaban J connectivity index is 1.42. The zero-order valence-electron chi connectivity index (χ0n) is 19.7. The second-order valence-corrected chi connectivity index (χ2v) is 8.80. The lowest BCUT2D eigenvalue weighted by Gasteiger charge is -2.31. The fourth-order valence-corrected chi connectivity index (χ4v) is 4.26. The topological polar surface area (TPSA) is 80.1 Å². The molecule has 0 radical (unpaired) electrons. The minimum Gasteiger partial charge on any atom is -0.491 e. The zero-order valence-corrected chi connectivity index (χ0v) is 19.7. The maximum absolute atomic E-state index is 11.6. The molecule has 32 heavy (non-hydrogen) atoms. The van der Waals surface area contributed by atoms with Gasteiger partial charge in [-0.2, -0.15) is 5.10 Å². The van der Waals surface area contributed by atoms with Crippen LogP contribution in [-0.2, 0) is 29.7 Å². The van der Waals surface area contributed by atoms with E-state index >= 15 is 0 Å². The predicted molar refractivity (Wildman–Crippen MR) is 122 cm³/mol. The summed E-state index contributed by atoms with van der Waals surface area (Å²) >= 11 is 0.